The number of benzene rings is 1. The molecular weight excluding hydrogens is 254 g/mol. The second-order valence-corrected chi connectivity index (χ2v) is 8.07. The van der Waals surface area contributed by atoms with E-state index >= 15 is 0 Å². The summed E-state index contributed by atoms with van der Waals surface area (Å²) in [5.74, 6) is 3.54. The van der Waals surface area contributed by atoms with Gasteiger partial charge in [0.25, 0.3) is 0 Å². The molecule has 1 heteroatoms. The van der Waals surface area contributed by atoms with Crippen LogP contribution < -0.4 is 5.32 Å². The van der Waals surface area contributed by atoms with Gasteiger partial charge in [-0.2, -0.15) is 0 Å². The lowest BCUT2D eigenvalue weighted by Crippen LogP contribution is -2.52. The quantitative estimate of drug-likeness (QED) is 0.819. The molecule has 1 N–H and O–H groups in total. The van der Waals surface area contributed by atoms with E-state index in [4.69, 9.17) is 0 Å². The van der Waals surface area contributed by atoms with Crippen LogP contribution in [0.2, 0.25) is 0 Å². The van der Waals surface area contributed by atoms with Crippen LogP contribution in [0.15, 0.2) is 24.3 Å². The molecule has 0 aromatic heterocycles. The summed E-state index contributed by atoms with van der Waals surface area (Å²) in [4.78, 5) is 0. The van der Waals surface area contributed by atoms with Gasteiger partial charge in [0.05, 0.1) is 0 Å². The second kappa shape index (κ2) is 5.12. The molecule has 2 aliphatic carbocycles. The van der Waals surface area contributed by atoms with Crippen LogP contribution in [0.3, 0.4) is 0 Å². The van der Waals surface area contributed by atoms with Crippen LogP contribution in [0, 0.1) is 29.1 Å². The maximum absolute atomic E-state index is 3.70. The third-order valence-corrected chi connectivity index (χ3v) is 7.03. The van der Waals surface area contributed by atoms with E-state index in [1.165, 1.54) is 45.2 Å². The first-order chi connectivity index (χ1) is 10.2. The fourth-order valence-electron chi connectivity index (χ4n) is 6.15. The predicted molar refractivity (Wildman–Crippen MR) is 88.3 cm³/mol. The molecule has 4 rings (SSSR count). The Morgan fingerprint density at radius 2 is 1.67 bits per heavy atom. The maximum atomic E-state index is 3.70. The van der Waals surface area contributed by atoms with Crippen molar-refractivity contribution in [1.82, 2.24) is 5.32 Å². The normalized spacial score (nSPS) is 38.5. The van der Waals surface area contributed by atoms with Gasteiger partial charge in [-0.3, -0.25) is 0 Å². The van der Waals surface area contributed by atoms with E-state index in [0.29, 0.717) is 5.41 Å². The summed E-state index contributed by atoms with van der Waals surface area (Å²) in [5.41, 5.74) is 3.94. The van der Waals surface area contributed by atoms with Gasteiger partial charge in [-0.25, -0.2) is 0 Å². The van der Waals surface area contributed by atoms with Crippen LogP contribution >= 0.6 is 0 Å². The number of hydrogen-bond donors (Lipinski definition) is 1. The van der Waals surface area contributed by atoms with Gasteiger partial charge in [-0.15, -0.1) is 0 Å². The molecule has 1 saturated heterocycles. The summed E-state index contributed by atoms with van der Waals surface area (Å²) in [6.45, 7) is 7.40. The Bertz CT molecular complexity index is 485. The fraction of sp³-hybridized carbons (Fsp3) is 0.700. The highest BCUT2D eigenvalue weighted by Gasteiger charge is 2.56. The third-order valence-electron chi connectivity index (χ3n) is 7.03. The molecular formula is C20H29N. The van der Waals surface area contributed by atoms with Crippen LogP contribution in [0.4, 0.5) is 0 Å². The maximum Gasteiger partial charge on any atom is -0.00125 e. The zero-order valence-electron chi connectivity index (χ0n) is 13.6. The van der Waals surface area contributed by atoms with E-state index in [1.54, 1.807) is 11.1 Å². The summed E-state index contributed by atoms with van der Waals surface area (Å²) in [6, 6.07) is 9.28. The Labute approximate surface area is 129 Å². The topological polar surface area (TPSA) is 12.0 Å². The predicted octanol–water partition coefficient (Wildman–Crippen LogP) is 4.06. The van der Waals surface area contributed by atoms with E-state index in [9.17, 15) is 0 Å². The molecule has 0 radical (unpaired) electrons. The lowest BCUT2D eigenvalue weighted by Gasteiger charge is -2.51. The molecule has 3 aliphatic rings. The molecule has 3 unspecified atom stereocenters. The summed E-state index contributed by atoms with van der Waals surface area (Å²) in [5, 5.41) is 3.70. The van der Waals surface area contributed by atoms with Crippen LogP contribution in [0.25, 0.3) is 0 Å². The van der Waals surface area contributed by atoms with Gasteiger partial charge in [0.15, 0.2) is 0 Å². The zero-order valence-corrected chi connectivity index (χ0v) is 13.6. The lowest BCUT2D eigenvalue weighted by molar-refractivity contribution is -0.00770. The van der Waals surface area contributed by atoms with E-state index in [1.807, 2.05) is 0 Å². The largest absolute Gasteiger partial charge is 0.316 e. The van der Waals surface area contributed by atoms with Gasteiger partial charge >= 0.3 is 0 Å². The average molecular weight is 283 g/mol. The Balaban J connectivity index is 1.77. The van der Waals surface area contributed by atoms with Crippen molar-refractivity contribution in [2.75, 3.05) is 13.1 Å². The Kier molecular flexibility index (Phi) is 3.37. The number of rotatable bonds is 1. The van der Waals surface area contributed by atoms with E-state index in [2.05, 4.69) is 43.4 Å². The average Bonchev–Trinajstić information content (AvgIpc) is 2.71. The smallest absolute Gasteiger partial charge is 0.00125 e. The van der Waals surface area contributed by atoms with Crippen molar-refractivity contribution in [3.63, 3.8) is 0 Å². The van der Waals surface area contributed by atoms with Crippen molar-refractivity contribution < 1.29 is 0 Å². The summed E-state index contributed by atoms with van der Waals surface area (Å²) >= 11 is 0. The molecule has 0 amide bonds. The van der Waals surface area contributed by atoms with E-state index in [0.717, 1.165) is 23.7 Å². The molecule has 21 heavy (non-hydrogen) atoms. The molecule has 2 fully saturated rings. The second-order valence-electron chi connectivity index (χ2n) is 8.07. The minimum Gasteiger partial charge on any atom is -0.316 e. The van der Waals surface area contributed by atoms with Crippen molar-refractivity contribution in [1.29, 1.82) is 0 Å². The standard InChI is InChI=1S/C20H29N/c1-14(2)19-13-21-10-9-20(19)17-7-8-18(20)12-16-6-4-3-5-15(16)11-17/h3-6,14,17-19,21H,7-13H2,1-2H3. The molecule has 1 nitrogen and oxygen atoms in total. The van der Waals surface area contributed by atoms with Gasteiger partial charge in [-0.05, 0) is 85.4 Å². The molecule has 2 bridgehead atoms. The highest BCUT2D eigenvalue weighted by Crippen LogP contribution is 2.60. The lowest BCUT2D eigenvalue weighted by atomic mass is 9.56. The van der Waals surface area contributed by atoms with E-state index in [-0.39, 0.29) is 0 Å². The zero-order chi connectivity index (χ0) is 14.4. The van der Waals surface area contributed by atoms with Gasteiger partial charge in [0.1, 0.15) is 0 Å². The number of nitrogens with one attached hydrogen (secondary N) is 1. The Hall–Kier alpha value is -0.820. The summed E-state index contributed by atoms with van der Waals surface area (Å²) in [6.07, 6.45) is 7.05. The highest BCUT2D eigenvalue weighted by molar-refractivity contribution is 5.32. The summed E-state index contributed by atoms with van der Waals surface area (Å²) < 4.78 is 0. The van der Waals surface area contributed by atoms with Crippen LogP contribution in [-0.4, -0.2) is 13.1 Å². The fourth-order valence-corrected chi connectivity index (χ4v) is 6.15. The third kappa shape index (κ3) is 2.00. The first-order valence-electron chi connectivity index (χ1n) is 8.99. The highest BCUT2D eigenvalue weighted by atomic mass is 14.9. The molecule has 1 saturated carbocycles. The number of fused-ring (bicyclic) bond motifs is 1. The molecule has 1 aromatic rings. The minimum absolute atomic E-state index is 0.623. The SMILES string of the molecule is CC(C)C1CNCCC12C1CCC2Cc2ccccc2C1. The molecule has 1 aromatic carbocycles. The summed E-state index contributed by atoms with van der Waals surface area (Å²) in [7, 11) is 0. The van der Waals surface area contributed by atoms with Crippen molar-refractivity contribution in [3.05, 3.63) is 35.4 Å². The molecule has 1 aliphatic heterocycles. The van der Waals surface area contributed by atoms with E-state index < -0.39 is 0 Å². The van der Waals surface area contributed by atoms with Crippen molar-refractivity contribution >= 4 is 0 Å². The Morgan fingerprint density at radius 3 is 2.24 bits per heavy atom. The van der Waals surface area contributed by atoms with Crippen LogP contribution in [0.5, 0.6) is 0 Å². The first-order valence-corrected chi connectivity index (χ1v) is 8.99. The van der Waals surface area contributed by atoms with Gasteiger partial charge in [0.2, 0.25) is 0 Å². The van der Waals surface area contributed by atoms with Gasteiger partial charge in [0, 0.05) is 0 Å². The Morgan fingerprint density at radius 1 is 1.05 bits per heavy atom. The number of hydrogen-bond acceptors (Lipinski definition) is 1. The van der Waals surface area contributed by atoms with Crippen molar-refractivity contribution in [3.8, 4) is 0 Å². The monoisotopic (exact) mass is 283 g/mol. The number of piperidine rings is 1. The molecule has 1 spiro atoms. The first kappa shape index (κ1) is 13.8. The van der Waals surface area contributed by atoms with Crippen LogP contribution in [0.1, 0.15) is 44.2 Å². The van der Waals surface area contributed by atoms with Crippen LogP contribution in [-0.2, 0) is 12.8 Å². The molecule has 1 heterocycles. The van der Waals surface area contributed by atoms with Crippen molar-refractivity contribution in [2.24, 2.45) is 29.1 Å². The van der Waals surface area contributed by atoms with Gasteiger partial charge in [-0.1, -0.05) is 38.1 Å². The molecule has 114 valence electrons. The molecule has 3 atom stereocenters. The minimum atomic E-state index is 0.623. The van der Waals surface area contributed by atoms with Crippen molar-refractivity contribution in [2.45, 2.75) is 46.0 Å². The van der Waals surface area contributed by atoms with Gasteiger partial charge < -0.3 is 5.32 Å².